The van der Waals surface area contributed by atoms with Gasteiger partial charge in [-0.2, -0.15) is 4.31 Å². The summed E-state index contributed by atoms with van der Waals surface area (Å²) in [4.78, 5) is 7.31. The van der Waals surface area contributed by atoms with Crippen LogP contribution >= 0.6 is 22.9 Å². The van der Waals surface area contributed by atoms with Crippen LogP contribution in [0.15, 0.2) is 58.8 Å². The highest BCUT2D eigenvalue weighted by atomic mass is 35.5. The normalized spacial score (nSPS) is 16.2. The van der Waals surface area contributed by atoms with E-state index in [-0.39, 0.29) is 4.90 Å². The second-order valence-electron chi connectivity index (χ2n) is 7.15. The van der Waals surface area contributed by atoms with Crippen molar-refractivity contribution in [1.82, 2.24) is 14.2 Å². The quantitative estimate of drug-likeness (QED) is 0.585. The van der Waals surface area contributed by atoms with Crippen molar-refractivity contribution in [2.24, 2.45) is 0 Å². The highest BCUT2D eigenvalue weighted by molar-refractivity contribution is 7.89. The molecule has 8 heteroatoms. The van der Waals surface area contributed by atoms with Gasteiger partial charge in [-0.05, 0) is 37.3 Å². The third-order valence-electron chi connectivity index (χ3n) is 4.99. The van der Waals surface area contributed by atoms with E-state index in [9.17, 15) is 8.42 Å². The fraction of sp³-hybridized carbons (Fsp3) is 0.286. The molecule has 4 rings (SSSR count). The van der Waals surface area contributed by atoms with Crippen LogP contribution < -0.4 is 0 Å². The van der Waals surface area contributed by atoms with Gasteiger partial charge in [-0.3, -0.25) is 4.90 Å². The molecule has 0 amide bonds. The van der Waals surface area contributed by atoms with E-state index in [2.05, 4.69) is 35.4 Å². The molecule has 1 aromatic heterocycles. The van der Waals surface area contributed by atoms with Crippen LogP contribution in [0.25, 0.3) is 10.6 Å². The predicted octanol–water partition coefficient (Wildman–Crippen LogP) is 4.28. The largest absolute Gasteiger partial charge is 0.295 e. The molecule has 152 valence electrons. The number of rotatable bonds is 5. The van der Waals surface area contributed by atoms with E-state index in [1.165, 1.54) is 5.56 Å². The molecule has 2 heterocycles. The van der Waals surface area contributed by atoms with Crippen molar-refractivity contribution < 1.29 is 8.42 Å². The molecule has 0 spiro atoms. The predicted molar refractivity (Wildman–Crippen MR) is 118 cm³/mol. The van der Waals surface area contributed by atoms with Gasteiger partial charge in [0.05, 0.1) is 10.6 Å². The van der Waals surface area contributed by atoms with Crippen molar-refractivity contribution in [2.45, 2.75) is 18.4 Å². The molecular weight excluding hydrogens is 426 g/mol. The Morgan fingerprint density at radius 2 is 1.79 bits per heavy atom. The van der Waals surface area contributed by atoms with Crippen LogP contribution in [0.2, 0.25) is 5.02 Å². The van der Waals surface area contributed by atoms with Crippen LogP contribution in [0.1, 0.15) is 11.3 Å². The molecule has 0 bridgehead atoms. The maximum atomic E-state index is 12.8. The van der Waals surface area contributed by atoms with Crippen molar-refractivity contribution in [3.8, 4) is 10.6 Å². The van der Waals surface area contributed by atoms with E-state index in [1.807, 2.05) is 6.07 Å². The zero-order chi connectivity index (χ0) is 20.4. The SMILES string of the molecule is Cc1cccc(-c2nc(CN3CCN(S(=O)(=O)c4ccc(Cl)cc4)CC3)cs2)c1. The summed E-state index contributed by atoms with van der Waals surface area (Å²) < 4.78 is 27.2. The van der Waals surface area contributed by atoms with E-state index in [0.29, 0.717) is 31.2 Å². The van der Waals surface area contributed by atoms with E-state index in [1.54, 1.807) is 39.9 Å². The maximum absolute atomic E-state index is 12.8. The summed E-state index contributed by atoms with van der Waals surface area (Å²) in [5.74, 6) is 0. The Kier molecular flexibility index (Phi) is 6.03. The van der Waals surface area contributed by atoms with E-state index < -0.39 is 10.0 Å². The van der Waals surface area contributed by atoms with Gasteiger partial charge in [0.25, 0.3) is 0 Å². The average molecular weight is 448 g/mol. The van der Waals surface area contributed by atoms with Gasteiger partial charge in [-0.15, -0.1) is 11.3 Å². The van der Waals surface area contributed by atoms with E-state index >= 15 is 0 Å². The molecule has 0 N–H and O–H groups in total. The third-order valence-corrected chi connectivity index (χ3v) is 8.09. The first-order valence-electron chi connectivity index (χ1n) is 9.41. The average Bonchev–Trinajstić information content (AvgIpc) is 3.17. The van der Waals surface area contributed by atoms with E-state index in [4.69, 9.17) is 16.6 Å². The first-order valence-corrected chi connectivity index (χ1v) is 12.1. The van der Waals surface area contributed by atoms with Crippen molar-refractivity contribution in [3.05, 3.63) is 70.2 Å². The molecule has 2 aromatic carbocycles. The molecule has 1 fully saturated rings. The van der Waals surface area contributed by atoms with Crippen LogP contribution in [-0.4, -0.2) is 48.8 Å². The van der Waals surface area contributed by atoms with Crippen LogP contribution in [-0.2, 0) is 16.6 Å². The Bertz CT molecular complexity index is 1090. The fourth-order valence-corrected chi connectivity index (χ4v) is 5.76. The topological polar surface area (TPSA) is 53.5 Å². The number of hydrogen-bond donors (Lipinski definition) is 0. The molecule has 1 saturated heterocycles. The minimum atomic E-state index is -3.48. The highest BCUT2D eigenvalue weighted by Gasteiger charge is 2.28. The molecule has 0 radical (unpaired) electrons. The number of aromatic nitrogens is 1. The first-order chi connectivity index (χ1) is 13.9. The summed E-state index contributed by atoms with van der Waals surface area (Å²) in [7, 11) is -3.48. The lowest BCUT2D eigenvalue weighted by Gasteiger charge is -2.33. The number of benzene rings is 2. The molecule has 0 aliphatic carbocycles. The summed E-state index contributed by atoms with van der Waals surface area (Å²) in [6.45, 7) is 5.13. The van der Waals surface area contributed by atoms with Gasteiger partial charge in [0.15, 0.2) is 0 Å². The number of halogens is 1. The van der Waals surface area contributed by atoms with Gasteiger partial charge < -0.3 is 0 Å². The Morgan fingerprint density at radius 1 is 1.07 bits per heavy atom. The summed E-state index contributed by atoms with van der Waals surface area (Å²) in [5.41, 5.74) is 3.39. The molecule has 0 unspecified atom stereocenters. The molecule has 1 aliphatic heterocycles. The Balaban J connectivity index is 1.37. The summed E-state index contributed by atoms with van der Waals surface area (Å²) in [6, 6.07) is 14.7. The number of hydrogen-bond acceptors (Lipinski definition) is 5. The lowest BCUT2D eigenvalue weighted by atomic mass is 10.1. The van der Waals surface area contributed by atoms with Crippen molar-refractivity contribution >= 4 is 33.0 Å². The monoisotopic (exact) mass is 447 g/mol. The van der Waals surface area contributed by atoms with Crippen LogP contribution in [0.4, 0.5) is 0 Å². The number of aryl methyl sites for hydroxylation is 1. The smallest absolute Gasteiger partial charge is 0.243 e. The molecule has 0 saturated carbocycles. The molecular formula is C21H22ClN3O2S2. The zero-order valence-electron chi connectivity index (χ0n) is 16.1. The maximum Gasteiger partial charge on any atom is 0.243 e. The Morgan fingerprint density at radius 3 is 2.48 bits per heavy atom. The second kappa shape index (κ2) is 8.53. The van der Waals surface area contributed by atoms with Crippen molar-refractivity contribution in [1.29, 1.82) is 0 Å². The number of sulfonamides is 1. The summed E-state index contributed by atoms with van der Waals surface area (Å²) >= 11 is 7.52. The van der Waals surface area contributed by atoms with E-state index in [0.717, 1.165) is 22.8 Å². The van der Waals surface area contributed by atoms with Crippen LogP contribution in [0.3, 0.4) is 0 Å². The zero-order valence-corrected chi connectivity index (χ0v) is 18.5. The second-order valence-corrected chi connectivity index (χ2v) is 10.4. The first kappa shape index (κ1) is 20.5. The molecule has 5 nitrogen and oxygen atoms in total. The minimum Gasteiger partial charge on any atom is -0.295 e. The molecule has 0 atom stereocenters. The van der Waals surface area contributed by atoms with Crippen LogP contribution in [0.5, 0.6) is 0 Å². The van der Waals surface area contributed by atoms with Gasteiger partial charge in [0.2, 0.25) is 10.0 Å². The van der Waals surface area contributed by atoms with Gasteiger partial charge in [-0.1, -0.05) is 35.4 Å². The third kappa shape index (κ3) is 4.70. The number of nitrogens with zero attached hydrogens (tertiary/aromatic N) is 3. The number of thiazole rings is 1. The van der Waals surface area contributed by atoms with Crippen LogP contribution in [0, 0.1) is 6.92 Å². The standard InChI is InChI=1S/C21H22ClN3O2S2/c1-16-3-2-4-17(13-16)21-23-19(15-28-21)14-24-9-11-25(12-10-24)29(26,27)20-7-5-18(22)6-8-20/h2-8,13,15H,9-12,14H2,1H3. The highest BCUT2D eigenvalue weighted by Crippen LogP contribution is 2.25. The van der Waals surface area contributed by atoms with Gasteiger partial charge in [-0.25, -0.2) is 13.4 Å². The lowest BCUT2D eigenvalue weighted by molar-refractivity contribution is 0.180. The molecule has 1 aliphatic rings. The minimum absolute atomic E-state index is 0.289. The Labute approximate surface area is 180 Å². The van der Waals surface area contributed by atoms with Gasteiger partial charge in [0.1, 0.15) is 5.01 Å². The fourth-order valence-electron chi connectivity index (χ4n) is 3.40. The van der Waals surface area contributed by atoms with Gasteiger partial charge >= 0.3 is 0 Å². The summed E-state index contributed by atoms with van der Waals surface area (Å²) in [5, 5.41) is 3.64. The Hall–Kier alpha value is -1.77. The molecule has 3 aromatic rings. The summed E-state index contributed by atoms with van der Waals surface area (Å²) in [6.07, 6.45) is 0. The number of piperazine rings is 1. The lowest BCUT2D eigenvalue weighted by Crippen LogP contribution is -2.48. The van der Waals surface area contributed by atoms with Gasteiger partial charge in [0, 0.05) is 48.7 Å². The van der Waals surface area contributed by atoms with Crippen molar-refractivity contribution in [3.63, 3.8) is 0 Å². The molecule has 29 heavy (non-hydrogen) atoms. The van der Waals surface area contributed by atoms with Crippen molar-refractivity contribution in [2.75, 3.05) is 26.2 Å².